The van der Waals surface area contributed by atoms with Crippen LogP contribution in [0.1, 0.15) is 16.7 Å². The Morgan fingerprint density at radius 2 is 1.66 bits per heavy atom. The lowest BCUT2D eigenvalue weighted by atomic mass is 10.0. The van der Waals surface area contributed by atoms with Crippen molar-refractivity contribution in [2.75, 3.05) is 20.8 Å². The minimum atomic E-state index is -3.94. The van der Waals surface area contributed by atoms with E-state index in [1.165, 1.54) is 24.6 Å². The molecule has 0 amide bonds. The van der Waals surface area contributed by atoms with E-state index in [9.17, 15) is 8.42 Å². The highest BCUT2D eigenvalue weighted by Gasteiger charge is 2.35. The molecule has 0 bridgehead atoms. The summed E-state index contributed by atoms with van der Waals surface area (Å²) in [4.78, 5) is 0.0791. The highest BCUT2D eigenvalue weighted by Crippen LogP contribution is 2.34. The minimum absolute atomic E-state index is 0.0791. The molecule has 7 heteroatoms. The fourth-order valence-corrected chi connectivity index (χ4v) is 5.74. The summed E-state index contributed by atoms with van der Waals surface area (Å²) in [5.41, 5.74) is 2.96. The standard InChI is InChI=1S/C25H27NO5S/c1-29-23-12-13-24(30-2)25(15-23)32(27,28)26-16-20-10-6-7-11-21(20)17-31-18-22(26)14-19-8-4-3-5-9-19/h3-13,15,22H,14,16-18H2,1-2H3. The quantitative estimate of drug-likeness (QED) is 0.564. The summed E-state index contributed by atoms with van der Waals surface area (Å²) in [7, 11) is -0.964. The van der Waals surface area contributed by atoms with E-state index in [0.29, 0.717) is 18.8 Å². The third-order valence-electron chi connectivity index (χ3n) is 5.69. The largest absolute Gasteiger partial charge is 0.497 e. The number of methoxy groups -OCH3 is 2. The molecule has 1 unspecified atom stereocenters. The Balaban J connectivity index is 1.81. The molecule has 0 aromatic heterocycles. The molecule has 0 aliphatic carbocycles. The lowest BCUT2D eigenvalue weighted by molar-refractivity contribution is 0.0673. The third kappa shape index (κ3) is 4.65. The van der Waals surface area contributed by atoms with E-state index in [1.54, 1.807) is 12.1 Å². The Bertz CT molecular complexity index is 1160. The van der Waals surface area contributed by atoms with Crippen molar-refractivity contribution in [2.24, 2.45) is 0 Å². The number of sulfonamides is 1. The lowest BCUT2D eigenvalue weighted by Gasteiger charge is -2.34. The first-order chi connectivity index (χ1) is 15.5. The number of benzene rings is 3. The monoisotopic (exact) mass is 453 g/mol. The van der Waals surface area contributed by atoms with Gasteiger partial charge in [-0.15, -0.1) is 0 Å². The molecule has 1 aliphatic heterocycles. The van der Waals surface area contributed by atoms with Gasteiger partial charge in [-0.2, -0.15) is 4.31 Å². The molecule has 0 radical (unpaired) electrons. The molecule has 3 aromatic rings. The van der Waals surface area contributed by atoms with E-state index in [4.69, 9.17) is 14.2 Å². The fourth-order valence-electron chi connectivity index (χ4n) is 3.98. The van der Waals surface area contributed by atoms with Crippen molar-refractivity contribution >= 4 is 10.0 Å². The summed E-state index contributed by atoms with van der Waals surface area (Å²) in [5.74, 6) is 0.730. The summed E-state index contributed by atoms with van der Waals surface area (Å²) in [6, 6.07) is 22.1. The molecule has 0 spiro atoms. The highest BCUT2D eigenvalue weighted by atomic mass is 32.2. The summed E-state index contributed by atoms with van der Waals surface area (Å²) in [6.07, 6.45) is 0.536. The molecule has 4 rings (SSSR count). The molecule has 1 aliphatic rings. The van der Waals surface area contributed by atoms with Gasteiger partial charge >= 0.3 is 0 Å². The molecule has 0 fully saturated rings. The van der Waals surface area contributed by atoms with Crippen molar-refractivity contribution in [3.8, 4) is 11.5 Å². The van der Waals surface area contributed by atoms with Gasteiger partial charge in [-0.1, -0.05) is 54.6 Å². The molecule has 6 nitrogen and oxygen atoms in total. The van der Waals surface area contributed by atoms with Gasteiger partial charge in [-0.05, 0) is 35.2 Å². The van der Waals surface area contributed by atoms with E-state index >= 15 is 0 Å². The molecular formula is C25H27NO5S. The first-order valence-corrected chi connectivity index (χ1v) is 11.9. The van der Waals surface area contributed by atoms with Gasteiger partial charge in [0.2, 0.25) is 10.0 Å². The molecule has 1 atom stereocenters. The predicted molar refractivity (Wildman–Crippen MR) is 122 cm³/mol. The number of ether oxygens (including phenoxy) is 3. The second kappa shape index (κ2) is 9.73. The van der Waals surface area contributed by atoms with Crippen LogP contribution in [-0.2, 0) is 34.3 Å². The Hall–Kier alpha value is -2.87. The molecule has 0 saturated heterocycles. The normalized spacial score (nSPS) is 17.1. The molecule has 0 saturated carbocycles. The zero-order valence-corrected chi connectivity index (χ0v) is 19.0. The van der Waals surface area contributed by atoms with Gasteiger partial charge in [-0.25, -0.2) is 8.42 Å². The molecule has 0 N–H and O–H groups in total. The molecule has 32 heavy (non-hydrogen) atoms. The summed E-state index contributed by atoms with van der Waals surface area (Å²) in [6.45, 7) is 0.992. The zero-order chi connectivity index (χ0) is 22.6. The van der Waals surface area contributed by atoms with Gasteiger partial charge in [0.15, 0.2) is 0 Å². The molecule has 3 aromatic carbocycles. The third-order valence-corrected chi connectivity index (χ3v) is 7.61. The average Bonchev–Trinajstić information content (AvgIpc) is 2.81. The Morgan fingerprint density at radius 3 is 2.38 bits per heavy atom. The van der Waals surface area contributed by atoms with Gasteiger partial charge in [0.1, 0.15) is 16.4 Å². The van der Waals surface area contributed by atoms with E-state index in [1.807, 2.05) is 54.6 Å². The van der Waals surface area contributed by atoms with Crippen LogP contribution >= 0.6 is 0 Å². The smallest absolute Gasteiger partial charge is 0.247 e. The number of hydrogen-bond donors (Lipinski definition) is 0. The second-order valence-electron chi connectivity index (χ2n) is 7.69. The van der Waals surface area contributed by atoms with Crippen LogP contribution in [0.3, 0.4) is 0 Å². The van der Waals surface area contributed by atoms with Crippen molar-refractivity contribution in [3.63, 3.8) is 0 Å². The predicted octanol–water partition coefficient (Wildman–Crippen LogP) is 4.04. The van der Waals surface area contributed by atoms with Crippen LogP contribution in [0.15, 0.2) is 77.7 Å². The van der Waals surface area contributed by atoms with Crippen molar-refractivity contribution in [3.05, 3.63) is 89.5 Å². The highest BCUT2D eigenvalue weighted by molar-refractivity contribution is 7.89. The van der Waals surface area contributed by atoms with Crippen LogP contribution in [-0.4, -0.2) is 39.6 Å². The van der Waals surface area contributed by atoms with Crippen LogP contribution in [0.25, 0.3) is 0 Å². The van der Waals surface area contributed by atoms with Crippen LogP contribution in [0, 0.1) is 0 Å². The average molecular weight is 454 g/mol. The molecule has 168 valence electrons. The van der Waals surface area contributed by atoms with Gasteiger partial charge in [0.05, 0.1) is 33.5 Å². The van der Waals surface area contributed by atoms with Crippen LogP contribution in [0.2, 0.25) is 0 Å². The lowest BCUT2D eigenvalue weighted by Crippen LogP contribution is -2.45. The van der Waals surface area contributed by atoms with Crippen LogP contribution in [0.5, 0.6) is 11.5 Å². The van der Waals surface area contributed by atoms with Crippen molar-refractivity contribution in [1.29, 1.82) is 0 Å². The summed E-state index contributed by atoms with van der Waals surface area (Å²) < 4.78 is 46.3. The zero-order valence-electron chi connectivity index (χ0n) is 18.2. The van der Waals surface area contributed by atoms with Crippen molar-refractivity contribution in [1.82, 2.24) is 4.31 Å². The van der Waals surface area contributed by atoms with Crippen molar-refractivity contribution < 1.29 is 22.6 Å². The Labute approximate surface area is 189 Å². The van der Waals surface area contributed by atoms with Crippen LogP contribution < -0.4 is 9.47 Å². The van der Waals surface area contributed by atoms with Gasteiger partial charge in [0.25, 0.3) is 0 Å². The Kier molecular flexibility index (Phi) is 6.79. The fraction of sp³-hybridized carbons (Fsp3) is 0.280. The minimum Gasteiger partial charge on any atom is -0.497 e. The topological polar surface area (TPSA) is 65.1 Å². The van der Waals surface area contributed by atoms with Crippen molar-refractivity contribution in [2.45, 2.75) is 30.5 Å². The second-order valence-corrected chi connectivity index (χ2v) is 9.55. The van der Waals surface area contributed by atoms with Gasteiger partial charge in [-0.3, -0.25) is 0 Å². The number of nitrogens with zero attached hydrogens (tertiary/aromatic N) is 1. The Morgan fingerprint density at radius 1 is 0.938 bits per heavy atom. The van der Waals surface area contributed by atoms with Crippen LogP contribution in [0.4, 0.5) is 0 Å². The summed E-state index contributed by atoms with van der Waals surface area (Å²) >= 11 is 0. The maximum absolute atomic E-state index is 14.0. The first kappa shape index (κ1) is 22.3. The number of hydrogen-bond acceptors (Lipinski definition) is 5. The maximum atomic E-state index is 14.0. The molecular weight excluding hydrogens is 426 g/mol. The maximum Gasteiger partial charge on any atom is 0.247 e. The van der Waals surface area contributed by atoms with E-state index in [-0.39, 0.29) is 29.8 Å². The first-order valence-electron chi connectivity index (χ1n) is 10.4. The van der Waals surface area contributed by atoms with Gasteiger partial charge in [0, 0.05) is 12.6 Å². The van der Waals surface area contributed by atoms with E-state index < -0.39 is 10.0 Å². The van der Waals surface area contributed by atoms with E-state index in [0.717, 1.165) is 16.7 Å². The van der Waals surface area contributed by atoms with E-state index in [2.05, 4.69) is 0 Å². The number of fused-ring (bicyclic) bond motifs is 1. The SMILES string of the molecule is COc1ccc(OC)c(S(=O)(=O)N2Cc3ccccc3COCC2Cc2ccccc2)c1. The van der Waals surface area contributed by atoms with Gasteiger partial charge < -0.3 is 14.2 Å². The molecule has 1 heterocycles. The number of rotatable bonds is 6. The summed E-state index contributed by atoms with van der Waals surface area (Å²) in [5, 5.41) is 0.